The average molecular weight is 239 g/mol. The summed E-state index contributed by atoms with van der Waals surface area (Å²) in [6.45, 7) is 7.16. The highest BCUT2D eigenvalue weighted by Gasteiger charge is 2.12. The van der Waals surface area contributed by atoms with Crippen LogP contribution in [0.4, 0.5) is 0 Å². The number of aryl methyl sites for hydroxylation is 1. The first-order valence-electron chi connectivity index (χ1n) is 5.86. The monoisotopic (exact) mass is 239 g/mol. The molecular formula is C13H21NOS. The lowest BCUT2D eigenvalue weighted by atomic mass is 10.2. The van der Waals surface area contributed by atoms with E-state index in [9.17, 15) is 4.21 Å². The average Bonchev–Trinajstić information content (AvgIpc) is 2.28. The maximum Gasteiger partial charge on any atom is 0.0547 e. The molecule has 2 atom stereocenters. The fraction of sp³-hybridized carbons (Fsp3) is 0.538. The Morgan fingerprint density at radius 3 is 2.56 bits per heavy atom. The van der Waals surface area contributed by atoms with E-state index in [4.69, 9.17) is 0 Å². The van der Waals surface area contributed by atoms with E-state index < -0.39 is 10.8 Å². The smallest absolute Gasteiger partial charge is 0.0547 e. The van der Waals surface area contributed by atoms with Crippen molar-refractivity contribution in [1.82, 2.24) is 5.32 Å². The summed E-state index contributed by atoms with van der Waals surface area (Å²) in [5, 5.41) is 3.36. The molecule has 16 heavy (non-hydrogen) atoms. The van der Waals surface area contributed by atoms with Crippen molar-refractivity contribution in [3.05, 3.63) is 29.8 Å². The predicted molar refractivity (Wildman–Crippen MR) is 70.2 cm³/mol. The normalized spacial score (nSPS) is 14.7. The predicted octanol–water partition coefficient (Wildman–Crippen LogP) is 2.49. The number of rotatable bonds is 6. The first kappa shape index (κ1) is 13.4. The summed E-state index contributed by atoms with van der Waals surface area (Å²) in [4.78, 5) is 0.971. The van der Waals surface area contributed by atoms with Crippen LogP contribution in [0.1, 0.15) is 25.8 Å². The molecular weight excluding hydrogens is 218 g/mol. The zero-order chi connectivity index (χ0) is 12.0. The molecule has 0 saturated carbocycles. The molecule has 0 radical (unpaired) electrons. The van der Waals surface area contributed by atoms with Gasteiger partial charge in [-0.1, -0.05) is 32.0 Å². The van der Waals surface area contributed by atoms with Crippen LogP contribution in [0, 0.1) is 6.92 Å². The molecule has 0 spiro atoms. The molecule has 0 heterocycles. The minimum atomic E-state index is -0.889. The maximum atomic E-state index is 12.2. The van der Waals surface area contributed by atoms with Crippen molar-refractivity contribution in [2.45, 2.75) is 38.1 Å². The van der Waals surface area contributed by atoms with Crippen LogP contribution in [0.25, 0.3) is 0 Å². The lowest BCUT2D eigenvalue weighted by Gasteiger charge is -2.15. The van der Waals surface area contributed by atoms with Crippen LogP contribution in [-0.4, -0.2) is 22.5 Å². The molecule has 3 heteroatoms. The molecule has 2 nitrogen and oxygen atoms in total. The summed E-state index contributed by atoms with van der Waals surface area (Å²) in [7, 11) is -0.889. The van der Waals surface area contributed by atoms with Crippen LogP contribution >= 0.6 is 0 Å². The molecule has 0 amide bonds. The molecule has 0 aliphatic heterocycles. The number of benzene rings is 1. The van der Waals surface area contributed by atoms with E-state index in [1.165, 1.54) is 0 Å². The van der Waals surface area contributed by atoms with E-state index in [1.54, 1.807) is 0 Å². The van der Waals surface area contributed by atoms with Crippen LogP contribution in [0.3, 0.4) is 0 Å². The number of nitrogens with one attached hydrogen (secondary N) is 1. The lowest BCUT2D eigenvalue weighted by Crippen LogP contribution is -2.33. The van der Waals surface area contributed by atoms with Crippen LogP contribution in [0.5, 0.6) is 0 Å². The van der Waals surface area contributed by atoms with E-state index in [-0.39, 0.29) is 0 Å². The Hall–Kier alpha value is -0.670. The van der Waals surface area contributed by atoms with Crippen LogP contribution < -0.4 is 5.32 Å². The Morgan fingerprint density at radius 1 is 1.31 bits per heavy atom. The SMILES string of the molecule is CCNC(CC)CS(=O)c1ccccc1C. The third kappa shape index (κ3) is 3.72. The van der Waals surface area contributed by atoms with E-state index in [2.05, 4.69) is 19.2 Å². The number of hydrogen-bond acceptors (Lipinski definition) is 2. The minimum absolute atomic E-state index is 0.352. The quantitative estimate of drug-likeness (QED) is 0.826. The number of hydrogen-bond donors (Lipinski definition) is 1. The Morgan fingerprint density at radius 2 is 2.00 bits per heavy atom. The van der Waals surface area contributed by atoms with E-state index >= 15 is 0 Å². The van der Waals surface area contributed by atoms with E-state index in [0.29, 0.717) is 11.8 Å². The van der Waals surface area contributed by atoms with Crippen molar-refractivity contribution >= 4 is 10.8 Å². The molecule has 1 aromatic carbocycles. The standard InChI is InChI=1S/C13H21NOS/c1-4-12(14-5-2)10-16(15)13-9-7-6-8-11(13)3/h6-9,12,14H,4-5,10H2,1-3H3. The molecule has 0 aliphatic rings. The topological polar surface area (TPSA) is 29.1 Å². The minimum Gasteiger partial charge on any atom is -0.313 e. The molecule has 0 aliphatic carbocycles. The maximum absolute atomic E-state index is 12.2. The Labute approximate surface area is 101 Å². The Bertz CT molecular complexity index is 352. The zero-order valence-corrected chi connectivity index (χ0v) is 11.1. The summed E-state index contributed by atoms with van der Waals surface area (Å²) in [5.41, 5.74) is 1.12. The van der Waals surface area contributed by atoms with Gasteiger partial charge < -0.3 is 5.32 Å². The van der Waals surface area contributed by atoms with Gasteiger partial charge in [-0.2, -0.15) is 0 Å². The van der Waals surface area contributed by atoms with Crippen molar-refractivity contribution in [3.63, 3.8) is 0 Å². The summed E-state index contributed by atoms with van der Waals surface area (Å²) < 4.78 is 12.2. The van der Waals surface area contributed by atoms with E-state index in [1.807, 2.05) is 31.2 Å². The fourth-order valence-electron chi connectivity index (χ4n) is 1.69. The first-order valence-corrected chi connectivity index (χ1v) is 7.18. The molecule has 90 valence electrons. The van der Waals surface area contributed by atoms with E-state index in [0.717, 1.165) is 23.4 Å². The lowest BCUT2D eigenvalue weighted by molar-refractivity contribution is 0.553. The molecule has 1 N–H and O–H groups in total. The van der Waals surface area contributed by atoms with Gasteiger partial charge in [-0.25, -0.2) is 0 Å². The molecule has 0 fully saturated rings. The van der Waals surface area contributed by atoms with Crippen molar-refractivity contribution in [2.75, 3.05) is 12.3 Å². The second kappa shape index (κ2) is 6.81. The highest BCUT2D eigenvalue weighted by atomic mass is 32.2. The third-order valence-electron chi connectivity index (χ3n) is 2.68. The summed E-state index contributed by atoms with van der Waals surface area (Å²) >= 11 is 0. The highest BCUT2D eigenvalue weighted by Crippen LogP contribution is 2.13. The van der Waals surface area contributed by atoms with Gasteiger partial charge in [-0.05, 0) is 31.5 Å². The van der Waals surface area contributed by atoms with Crippen molar-refractivity contribution in [2.24, 2.45) is 0 Å². The van der Waals surface area contributed by atoms with Crippen molar-refractivity contribution in [1.29, 1.82) is 0 Å². The molecule has 0 aromatic heterocycles. The van der Waals surface area contributed by atoms with Gasteiger partial charge in [0.05, 0.1) is 10.8 Å². The van der Waals surface area contributed by atoms with Gasteiger partial charge in [-0.3, -0.25) is 4.21 Å². The second-order valence-electron chi connectivity index (χ2n) is 3.94. The second-order valence-corrected chi connectivity index (χ2v) is 5.40. The van der Waals surface area contributed by atoms with Gasteiger partial charge in [0.2, 0.25) is 0 Å². The molecule has 2 unspecified atom stereocenters. The Balaban J connectivity index is 2.68. The highest BCUT2D eigenvalue weighted by molar-refractivity contribution is 7.85. The van der Waals surface area contributed by atoms with Gasteiger partial charge in [0, 0.05) is 16.7 Å². The largest absolute Gasteiger partial charge is 0.313 e. The molecule has 0 bridgehead atoms. The molecule has 1 rings (SSSR count). The summed E-state index contributed by atoms with van der Waals surface area (Å²) in [5.74, 6) is 0.704. The summed E-state index contributed by atoms with van der Waals surface area (Å²) in [6.07, 6.45) is 1.02. The van der Waals surface area contributed by atoms with Crippen LogP contribution in [-0.2, 0) is 10.8 Å². The third-order valence-corrected chi connectivity index (χ3v) is 4.33. The van der Waals surface area contributed by atoms with Gasteiger partial charge in [0.25, 0.3) is 0 Å². The van der Waals surface area contributed by atoms with Gasteiger partial charge in [0.15, 0.2) is 0 Å². The van der Waals surface area contributed by atoms with Crippen LogP contribution in [0.2, 0.25) is 0 Å². The van der Waals surface area contributed by atoms with Gasteiger partial charge in [0.1, 0.15) is 0 Å². The van der Waals surface area contributed by atoms with Gasteiger partial charge >= 0.3 is 0 Å². The van der Waals surface area contributed by atoms with Crippen LogP contribution in [0.15, 0.2) is 29.2 Å². The van der Waals surface area contributed by atoms with Crippen molar-refractivity contribution < 1.29 is 4.21 Å². The van der Waals surface area contributed by atoms with Crippen molar-refractivity contribution in [3.8, 4) is 0 Å². The van der Waals surface area contributed by atoms with Gasteiger partial charge in [-0.15, -0.1) is 0 Å². The Kier molecular flexibility index (Phi) is 5.71. The molecule has 0 saturated heterocycles. The molecule has 1 aromatic rings. The zero-order valence-electron chi connectivity index (χ0n) is 10.3. The fourth-order valence-corrected chi connectivity index (χ4v) is 3.25. The first-order chi connectivity index (χ1) is 7.69. The summed E-state index contributed by atoms with van der Waals surface area (Å²) in [6, 6.07) is 8.27.